The SMILES string of the molecule is C=CCN(C(=O)C1N([C@@H](CO)C(C)C)C(=O)[C@@H]2[C@H](C(=O)OCC)[C@]3(CC)CCC12O3)c1ccc(Cl)cc1. The van der Waals surface area contributed by atoms with Gasteiger partial charge in [0.25, 0.3) is 5.91 Å². The van der Waals surface area contributed by atoms with E-state index in [4.69, 9.17) is 21.1 Å². The largest absolute Gasteiger partial charge is 0.466 e. The van der Waals surface area contributed by atoms with Crippen LogP contribution in [0.5, 0.6) is 0 Å². The molecule has 1 N–H and O–H groups in total. The Labute approximate surface area is 223 Å². The summed E-state index contributed by atoms with van der Waals surface area (Å²) in [6.07, 6.45) is 3.14. The number of hydrogen-bond acceptors (Lipinski definition) is 6. The van der Waals surface area contributed by atoms with Crippen molar-refractivity contribution in [1.29, 1.82) is 0 Å². The van der Waals surface area contributed by atoms with Crippen molar-refractivity contribution in [1.82, 2.24) is 4.90 Å². The van der Waals surface area contributed by atoms with E-state index in [9.17, 15) is 19.5 Å². The van der Waals surface area contributed by atoms with E-state index in [0.717, 1.165) is 0 Å². The minimum Gasteiger partial charge on any atom is -0.466 e. The molecule has 202 valence electrons. The van der Waals surface area contributed by atoms with Crippen molar-refractivity contribution >= 4 is 35.1 Å². The Hall–Kier alpha value is -2.42. The first-order valence-corrected chi connectivity index (χ1v) is 13.5. The van der Waals surface area contributed by atoms with Crippen molar-refractivity contribution in [3.05, 3.63) is 41.9 Å². The van der Waals surface area contributed by atoms with Crippen molar-refractivity contribution < 1.29 is 29.0 Å². The van der Waals surface area contributed by atoms with Gasteiger partial charge in [-0.2, -0.15) is 0 Å². The van der Waals surface area contributed by atoms with Crippen LogP contribution < -0.4 is 4.90 Å². The number of esters is 1. The fraction of sp³-hybridized carbons (Fsp3) is 0.607. The van der Waals surface area contributed by atoms with E-state index in [1.54, 1.807) is 42.2 Å². The number of aliphatic hydroxyl groups excluding tert-OH is 1. The van der Waals surface area contributed by atoms with Crippen LogP contribution in [-0.2, 0) is 23.9 Å². The second-order valence-electron chi connectivity index (χ2n) is 10.5. The number of carbonyl (C=O) groups is 3. The van der Waals surface area contributed by atoms with Gasteiger partial charge in [0.1, 0.15) is 17.6 Å². The van der Waals surface area contributed by atoms with E-state index in [1.165, 1.54) is 4.90 Å². The van der Waals surface area contributed by atoms with Crippen molar-refractivity contribution in [2.24, 2.45) is 17.8 Å². The quantitative estimate of drug-likeness (QED) is 0.365. The molecule has 1 spiro atoms. The molecule has 4 rings (SSSR count). The molecule has 0 saturated carbocycles. The van der Waals surface area contributed by atoms with Crippen LogP contribution in [0.3, 0.4) is 0 Å². The summed E-state index contributed by atoms with van der Waals surface area (Å²) >= 11 is 6.10. The lowest BCUT2D eigenvalue weighted by Gasteiger charge is -2.40. The average molecular weight is 533 g/mol. The third-order valence-corrected chi connectivity index (χ3v) is 8.68. The predicted molar refractivity (Wildman–Crippen MR) is 140 cm³/mol. The van der Waals surface area contributed by atoms with Gasteiger partial charge in [-0.25, -0.2) is 0 Å². The molecular weight excluding hydrogens is 496 g/mol. The Kier molecular flexibility index (Phi) is 7.75. The highest BCUT2D eigenvalue weighted by molar-refractivity contribution is 6.30. The molecule has 0 aromatic heterocycles. The highest BCUT2D eigenvalue weighted by Crippen LogP contribution is 2.65. The van der Waals surface area contributed by atoms with Crippen LogP contribution in [0.2, 0.25) is 5.02 Å². The van der Waals surface area contributed by atoms with Crippen LogP contribution in [-0.4, -0.2) is 70.8 Å². The highest BCUT2D eigenvalue weighted by Gasteiger charge is 2.79. The third kappa shape index (κ3) is 4.17. The number of halogens is 1. The van der Waals surface area contributed by atoms with Gasteiger partial charge >= 0.3 is 5.97 Å². The minimum atomic E-state index is -1.20. The topological polar surface area (TPSA) is 96.4 Å². The molecule has 3 aliphatic heterocycles. The Morgan fingerprint density at radius 3 is 2.51 bits per heavy atom. The number of rotatable bonds is 10. The van der Waals surface area contributed by atoms with Gasteiger partial charge in [0, 0.05) is 17.3 Å². The Morgan fingerprint density at radius 1 is 1.30 bits per heavy atom. The number of ether oxygens (including phenoxy) is 2. The van der Waals surface area contributed by atoms with Crippen molar-refractivity contribution in [2.45, 2.75) is 70.2 Å². The molecule has 2 unspecified atom stereocenters. The fourth-order valence-corrected chi connectivity index (χ4v) is 6.85. The predicted octanol–water partition coefficient (Wildman–Crippen LogP) is 3.59. The summed E-state index contributed by atoms with van der Waals surface area (Å²) in [4.78, 5) is 45.1. The van der Waals surface area contributed by atoms with Crippen LogP contribution in [0.25, 0.3) is 0 Å². The first-order chi connectivity index (χ1) is 17.6. The number of anilines is 1. The van der Waals surface area contributed by atoms with E-state index < -0.39 is 41.1 Å². The second-order valence-corrected chi connectivity index (χ2v) is 11.0. The summed E-state index contributed by atoms with van der Waals surface area (Å²) < 4.78 is 12.2. The molecule has 37 heavy (non-hydrogen) atoms. The number of fused-ring (bicyclic) bond motifs is 1. The van der Waals surface area contributed by atoms with Gasteiger partial charge in [-0.3, -0.25) is 14.4 Å². The fourth-order valence-electron chi connectivity index (χ4n) is 6.72. The molecule has 0 radical (unpaired) electrons. The monoisotopic (exact) mass is 532 g/mol. The zero-order valence-corrected chi connectivity index (χ0v) is 22.7. The Morgan fingerprint density at radius 2 is 1.97 bits per heavy atom. The van der Waals surface area contributed by atoms with Crippen LogP contribution in [0, 0.1) is 17.8 Å². The number of nitrogens with zero attached hydrogens (tertiary/aromatic N) is 2. The summed E-state index contributed by atoms with van der Waals surface area (Å²) in [5.41, 5.74) is -1.46. The van der Waals surface area contributed by atoms with Gasteiger partial charge in [-0.1, -0.05) is 38.4 Å². The van der Waals surface area contributed by atoms with Crippen LogP contribution in [0.15, 0.2) is 36.9 Å². The number of hydrogen-bond donors (Lipinski definition) is 1. The zero-order valence-electron chi connectivity index (χ0n) is 22.0. The molecule has 3 aliphatic rings. The van der Waals surface area contributed by atoms with E-state index in [2.05, 4.69) is 6.58 Å². The van der Waals surface area contributed by atoms with Gasteiger partial charge in [-0.05, 0) is 56.4 Å². The third-order valence-electron chi connectivity index (χ3n) is 8.42. The first kappa shape index (κ1) is 27.6. The van der Waals surface area contributed by atoms with Crippen molar-refractivity contribution in [2.75, 3.05) is 24.7 Å². The second kappa shape index (κ2) is 10.4. The number of amides is 2. The highest BCUT2D eigenvalue weighted by atomic mass is 35.5. The normalized spacial score (nSPS) is 30.9. The van der Waals surface area contributed by atoms with Gasteiger partial charge in [-0.15, -0.1) is 6.58 Å². The maximum Gasteiger partial charge on any atom is 0.312 e. The first-order valence-electron chi connectivity index (χ1n) is 13.1. The summed E-state index contributed by atoms with van der Waals surface area (Å²) in [7, 11) is 0. The Bertz CT molecular complexity index is 1060. The standard InChI is InChI=1S/C28H37ClN2O6/c1-6-15-30(19-11-9-18(29)10-12-19)25(34)23-28-14-13-27(7-2,37-28)22(26(35)36-8-3)21(28)24(33)31(23)20(16-32)17(4)5/h6,9-12,17,20-23,32H,1,7-8,13-16H2,2-5H3/t20-,21-,22+,23?,27-,28?/m0/s1. The molecule has 6 atom stereocenters. The van der Waals surface area contributed by atoms with E-state index in [0.29, 0.717) is 30.0 Å². The van der Waals surface area contributed by atoms with Crippen LogP contribution >= 0.6 is 11.6 Å². The molecule has 2 bridgehead atoms. The van der Waals surface area contributed by atoms with Gasteiger partial charge in [0.15, 0.2) is 0 Å². The number of carbonyl (C=O) groups excluding carboxylic acids is 3. The van der Waals surface area contributed by atoms with Gasteiger partial charge < -0.3 is 24.4 Å². The molecule has 0 aliphatic carbocycles. The zero-order chi connectivity index (χ0) is 27.1. The molecular formula is C28H37ClN2O6. The lowest BCUT2D eigenvalue weighted by molar-refractivity contribution is -0.162. The number of likely N-dealkylation sites (tertiary alicyclic amines) is 1. The van der Waals surface area contributed by atoms with E-state index >= 15 is 0 Å². The lowest BCUT2D eigenvalue weighted by Crippen LogP contribution is -2.60. The number of benzene rings is 1. The smallest absolute Gasteiger partial charge is 0.312 e. The van der Waals surface area contributed by atoms with Gasteiger partial charge in [0.2, 0.25) is 5.91 Å². The maximum absolute atomic E-state index is 14.5. The summed E-state index contributed by atoms with van der Waals surface area (Å²) in [5, 5.41) is 10.9. The minimum absolute atomic E-state index is 0.138. The number of aliphatic hydroxyl groups is 1. The Balaban J connectivity index is 1.88. The molecule has 1 aromatic rings. The molecule has 3 saturated heterocycles. The van der Waals surface area contributed by atoms with Gasteiger partial charge in [0.05, 0.1) is 30.8 Å². The summed E-state index contributed by atoms with van der Waals surface area (Å²) in [6.45, 7) is 11.4. The summed E-state index contributed by atoms with van der Waals surface area (Å²) in [6, 6.07) is 5.24. The molecule has 9 heteroatoms. The average Bonchev–Trinajstić information content (AvgIpc) is 3.47. The molecule has 8 nitrogen and oxygen atoms in total. The van der Waals surface area contributed by atoms with Crippen LogP contribution in [0.4, 0.5) is 5.69 Å². The lowest BCUT2D eigenvalue weighted by atomic mass is 9.65. The summed E-state index contributed by atoms with van der Waals surface area (Å²) in [5.74, 6) is -2.96. The molecule has 3 heterocycles. The van der Waals surface area contributed by atoms with E-state index in [1.807, 2.05) is 20.8 Å². The maximum atomic E-state index is 14.5. The van der Waals surface area contributed by atoms with Crippen LogP contribution in [0.1, 0.15) is 47.0 Å². The van der Waals surface area contributed by atoms with Crippen molar-refractivity contribution in [3.8, 4) is 0 Å². The molecule has 1 aromatic carbocycles. The molecule has 3 fully saturated rings. The van der Waals surface area contributed by atoms with Crippen molar-refractivity contribution in [3.63, 3.8) is 0 Å². The molecule has 2 amide bonds. The van der Waals surface area contributed by atoms with E-state index in [-0.39, 0.29) is 37.5 Å².